The van der Waals surface area contributed by atoms with Gasteiger partial charge in [-0.1, -0.05) is 0 Å². The van der Waals surface area contributed by atoms with E-state index in [9.17, 15) is 27.2 Å². The Hall–Kier alpha value is -1.83. The van der Waals surface area contributed by atoms with E-state index in [1.807, 2.05) is 10.6 Å². The van der Waals surface area contributed by atoms with Crippen LogP contribution in [0, 0.1) is 5.82 Å². The number of benzene rings is 1. The van der Waals surface area contributed by atoms with Crippen LogP contribution in [0.25, 0.3) is 0 Å². The number of rotatable bonds is 3. The Morgan fingerprint density at radius 1 is 1.25 bits per heavy atom. The maximum absolute atomic E-state index is 13.0. The first-order valence-corrected chi connectivity index (χ1v) is 5.81. The number of nitrogens with one attached hydrogen (secondary N) is 2. The van der Waals surface area contributed by atoms with E-state index in [1.165, 1.54) is 0 Å². The third kappa shape index (κ3) is 4.69. The highest BCUT2D eigenvalue weighted by Gasteiger charge is 2.34. The fourth-order valence-electron chi connectivity index (χ4n) is 1.26. The molecule has 3 amide bonds. The van der Waals surface area contributed by atoms with Crippen LogP contribution in [-0.2, 0) is 11.0 Å². The monoisotopic (exact) mass is 312 g/mol. The average molecular weight is 313 g/mol. The maximum atomic E-state index is 13.0. The second-order valence-electron chi connectivity index (χ2n) is 3.63. The number of urea groups is 1. The lowest BCUT2D eigenvalue weighted by Crippen LogP contribution is -2.34. The first-order chi connectivity index (χ1) is 9.24. The van der Waals surface area contributed by atoms with Gasteiger partial charge in [-0.3, -0.25) is 10.1 Å². The molecule has 0 spiro atoms. The molecular formula is C11H9ClF4N2O2. The Morgan fingerprint density at radius 3 is 2.45 bits per heavy atom. The standard InChI is InChI=1S/C11H9ClF4N2O2/c12-4-3-9(19)18-10(20)17-6-1-2-8(13)7(5-6)11(14,15)16/h1-2,5H,3-4H2,(H2,17,18,19,20). The number of carbonyl (C=O) groups is 2. The van der Waals surface area contributed by atoms with Gasteiger partial charge in [0, 0.05) is 18.0 Å². The van der Waals surface area contributed by atoms with Crippen LogP contribution in [0.3, 0.4) is 0 Å². The molecule has 0 heterocycles. The highest BCUT2D eigenvalue weighted by molar-refractivity contribution is 6.19. The molecule has 0 aliphatic rings. The molecule has 9 heteroatoms. The molecule has 0 unspecified atom stereocenters. The van der Waals surface area contributed by atoms with Crippen molar-refractivity contribution in [2.45, 2.75) is 12.6 Å². The van der Waals surface area contributed by atoms with Crippen molar-refractivity contribution in [1.29, 1.82) is 0 Å². The zero-order chi connectivity index (χ0) is 15.3. The molecule has 0 aromatic heterocycles. The van der Waals surface area contributed by atoms with Crippen LogP contribution in [0.5, 0.6) is 0 Å². The zero-order valence-corrected chi connectivity index (χ0v) is 10.6. The first kappa shape index (κ1) is 16.2. The van der Waals surface area contributed by atoms with Gasteiger partial charge in [-0.05, 0) is 18.2 Å². The lowest BCUT2D eigenvalue weighted by Gasteiger charge is -2.11. The highest BCUT2D eigenvalue weighted by atomic mass is 35.5. The maximum Gasteiger partial charge on any atom is 0.419 e. The molecule has 1 aromatic rings. The molecule has 20 heavy (non-hydrogen) atoms. The summed E-state index contributed by atoms with van der Waals surface area (Å²) in [5.74, 6) is -2.15. The number of halogens is 5. The van der Waals surface area contributed by atoms with Gasteiger partial charge in [0.05, 0.1) is 5.56 Å². The van der Waals surface area contributed by atoms with Crippen molar-refractivity contribution in [2.75, 3.05) is 11.2 Å². The number of anilines is 1. The van der Waals surface area contributed by atoms with Gasteiger partial charge in [0.15, 0.2) is 0 Å². The summed E-state index contributed by atoms with van der Waals surface area (Å²) in [5, 5.41) is 3.84. The molecule has 1 aromatic carbocycles. The van der Waals surface area contributed by atoms with E-state index < -0.39 is 29.5 Å². The quantitative estimate of drug-likeness (QED) is 0.665. The number of carbonyl (C=O) groups excluding carboxylic acids is 2. The second-order valence-corrected chi connectivity index (χ2v) is 4.01. The van der Waals surface area contributed by atoms with Gasteiger partial charge in [0.25, 0.3) is 0 Å². The third-order valence-corrected chi connectivity index (χ3v) is 2.29. The van der Waals surface area contributed by atoms with Crippen molar-refractivity contribution in [3.05, 3.63) is 29.6 Å². The van der Waals surface area contributed by atoms with Crippen LogP contribution in [0.1, 0.15) is 12.0 Å². The van der Waals surface area contributed by atoms with Gasteiger partial charge in [-0.15, -0.1) is 11.6 Å². The molecule has 1 rings (SSSR count). The minimum Gasteiger partial charge on any atom is -0.308 e. The predicted molar refractivity (Wildman–Crippen MR) is 63.9 cm³/mol. The fraction of sp³-hybridized carbons (Fsp3) is 0.273. The average Bonchev–Trinajstić information content (AvgIpc) is 2.30. The summed E-state index contributed by atoms with van der Waals surface area (Å²) < 4.78 is 50.3. The number of hydrogen-bond acceptors (Lipinski definition) is 2. The van der Waals surface area contributed by atoms with Crippen molar-refractivity contribution in [2.24, 2.45) is 0 Å². The molecule has 0 fully saturated rings. The minimum absolute atomic E-state index is 0.00607. The first-order valence-electron chi connectivity index (χ1n) is 5.27. The predicted octanol–water partition coefficient (Wildman–Crippen LogP) is 3.12. The zero-order valence-electron chi connectivity index (χ0n) is 9.85. The van der Waals surface area contributed by atoms with Crippen LogP contribution in [0.4, 0.5) is 28.0 Å². The van der Waals surface area contributed by atoms with E-state index in [-0.39, 0.29) is 18.0 Å². The van der Waals surface area contributed by atoms with E-state index in [0.717, 1.165) is 6.07 Å². The Kier molecular flexibility index (Phi) is 5.32. The van der Waals surface area contributed by atoms with Gasteiger partial charge in [0.2, 0.25) is 5.91 Å². The van der Waals surface area contributed by atoms with Crippen LogP contribution in [0.15, 0.2) is 18.2 Å². The number of amides is 3. The number of alkyl halides is 4. The van der Waals surface area contributed by atoms with Crippen molar-refractivity contribution in [1.82, 2.24) is 5.32 Å². The fourth-order valence-corrected chi connectivity index (χ4v) is 1.43. The highest BCUT2D eigenvalue weighted by Crippen LogP contribution is 2.32. The molecule has 4 nitrogen and oxygen atoms in total. The SMILES string of the molecule is O=C(CCCl)NC(=O)Nc1ccc(F)c(C(F)(F)F)c1. The molecule has 0 atom stereocenters. The largest absolute Gasteiger partial charge is 0.419 e. The van der Waals surface area contributed by atoms with E-state index in [4.69, 9.17) is 11.6 Å². The summed E-state index contributed by atoms with van der Waals surface area (Å²) >= 11 is 5.27. The summed E-state index contributed by atoms with van der Waals surface area (Å²) in [6, 6.07) is 0.913. The van der Waals surface area contributed by atoms with E-state index in [2.05, 4.69) is 0 Å². The minimum atomic E-state index is -4.88. The Morgan fingerprint density at radius 2 is 1.90 bits per heavy atom. The van der Waals surface area contributed by atoms with Gasteiger partial charge in [0.1, 0.15) is 5.82 Å². The normalized spacial score (nSPS) is 11.1. The van der Waals surface area contributed by atoms with Crippen molar-refractivity contribution < 1.29 is 27.2 Å². The van der Waals surface area contributed by atoms with Crippen molar-refractivity contribution >= 4 is 29.2 Å². The lowest BCUT2D eigenvalue weighted by molar-refractivity contribution is -0.140. The van der Waals surface area contributed by atoms with Crippen LogP contribution in [0.2, 0.25) is 0 Å². The molecule has 0 aliphatic carbocycles. The summed E-state index contributed by atoms with van der Waals surface area (Å²) in [5.41, 5.74) is -1.81. The number of imide groups is 1. The number of hydrogen-bond donors (Lipinski definition) is 2. The van der Waals surface area contributed by atoms with Crippen LogP contribution < -0.4 is 10.6 Å². The van der Waals surface area contributed by atoms with Crippen LogP contribution in [-0.4, -0.2) is 17.8 Å². The van der Waals surface area contributed by atoms with Crippen molar-refractivity contribution in [3.63, 3.8) is 0 Å². The lowest BCUT2D eigenvalue weighted by atomic mass is 10.2. The van der Waals surface area contributed by atoms with E-state index in [1.54, 1.807) is 0 Å². The molecule has 0 bridgehead atoms. The smallest absolute Gasteiger partial charge is 0.308 e. The van der Waals surface area contributed by atoms with Crippen LogP contribution >= 0.6 is 11.6 Å². The van der Waals surface area contributed by atoms with Gasteiger partial charge in [-0.2, -0.15) is 13.2 Å². The molecular weight excluding hydrogens is 304 g/mol. The van der Waals surface area contributed by atoms with Gasteiger partial charge < -0.3 is 5.32 Å². The van der Waals surface area contributed by atoms with E-state index >= 15 is 0 Å². The molecule has 0 radical (unpaired) electrons. The Bertz CT molecular complexity index is 520. The van der Waals surface area contributed by atoms with Gasteiger partial charge in [-0.25, -0.2) is 9.18 Å². The molecule has 0 saturated heterocycles. The summed E-state index contributed by atoms with van der Waals surface area (Å²) in [4.78, 5) is 22.3. The second kappa shape index (κ2) is 6.56. The van der Waals surface area contributed by atoms with Crippen molar-refractivity contribution in [3.8, 4) is 0 Å². The summed E-state index contributed by atoms with van der Waals surface area (Å²) in [6.07, 6.45) is -5.00. The topological polar surface area (TPSA) is 58.2 Å². The third-order valence-electron chi connectivity index (χ3n) is 2.10. The summed E-state index contributed by atoms with van der Waals surface area (Å²) in [6.45, 7) is 0. The molecule has 110 valence electrons. The van der Waals surface area contributed by atoms with Gasteiger partial charge >= 0.3 is 12.2 Å². The molecule has 0 aliphatic heterocycles. The molecule has 2 N–H and O–H groups in total. The van der Waals surface area contributed by atoms with E-state index in [0.29, 0.717) is 12.1 Å². The Labute approximate surface area is 116 Å². The Balaban J connectivity index is 2.79. The summed E-state index contributed by atoms with van der Waals surface area (Å²) in [7, 11) is 0. The molecule has 0 saturated carbocycles.